The van der Waals surface area contributed by atoms with Crippen molar-refractivity contribution in [3.8, 4) is 0 Å². The number of benzene rings is 1. The largest absolute Gasteiger partial charge is 0.350 e. The normalized spacial score (nSPS) is 16.9. The van der Waals surface area contributed by atoms with E-state index in [9.17, 15) is 14.9 Å². The Balaban J connectivity index is 1.85. The molecular formula is C17H22N2O3. The molecule has 1 saturated carbocycles. The smallest absolute Gasteiger partial charge is 0.269 e. The van der Waals surface area contributed by atoms with Gasteiger partial charge in [0.25, 0.3) is 5.69 Å². The fourth-order valence-electron chi connectivity index (χ4n) is 2.73. The van der Waals surface area contributed by atoms with E-state index in [2.05, 4.69) is 5.32 Å². The lowest BCUT2D eigenvalue weighted by Crippen LogP contribution is -2.34. The highest BCUT2D eigenvalue weighted by atomic mass is 16.6. The van der Waals surface area contributed by atoms with Crippen molar-refractivity contribution in [2.75, 3.05) is 0 Å². The summed E-state index contributed by atoms with van der Waals surface area (Å²) in [6, 6.07) is 6.42. The van der Waals surface area contributed by atoms with E-state index in [0.717, 1.165) is 18.4 Å². The molecule has 2 rings (SSSR count). The van der Waals surface area contributed by atoms with Crippen molar-refractivity contribution in [2.24, 2.45) is 0 Å². The van der Waals surface area contributed by atoms with Crippen LogP contribution in [0.3, 0.4) is 0 Å². The molecule has 5 heteroatoms. The monoisotopic (exact) mass is 302 g/mol. The maximum Gasteiger partial charge on any atom is 0.269 e. The number of hydrogen-bond acceptors (Lipinski definition) is 3. The first kappa shape index (κ1) is 16.2. The van der Waals surface area contributed by atoms with Crippen molar-refractivity contribution in [3.63, 3.8) is 0 Å². The Morgan fingerprint density at radius 1 is 1.09 bits per heavy atom. The first-order valence-corrected chi connectivity index (χ1v) is 7.88. The summed E-state index contributed by atoms with van der Waals surface area (Å²) in [4.78, 5) is 22.1. The fraction of sp³-hybridized carbons (Fsp3) is 0.471. The Kier molecular flexibility index (Phi) is 6.13. The van der Waals surface area contributed by atoms with Crippen molar-refractivity contribution in [2.45, 2.75) is 51.0 Å². The van der Waals surface area contributed by atoms with E-state index in [0.29, 0.717) is 0 Å². The fourth-order valence-corrected chi connectivity index (χ4v) is 2.73. The molecule has 1 aromatic rings. The zero-order valence-corrected chi connectivity index (χ0v) is 12.7. The van der Waals surface area contributed by atoms with Crippen LogP contribution in [0.25, 0.3) is 6.08 Å². The van der Waals surface area contributed by atoms with Gasteiger partial charge in [-0.1, -0.05) is 32.1 Å². The molecule has 0 unspecified atom stereocenters. The first-order valence-electron chi connectivity index (χ1n) is 7.88. The van der Waals surface area contributed by atoms with Gasteiger partial charge in [-0.25, -0.2) is 0 Å². The summed E-state index contributed by atoms with van der Waals surface area (Å²) in [7, 11) is 0. The van der Waals surface area contributed by atoms with Gasteiger partial charge in [0, 0.05) is 24.3 Å². The standard InChI is InChI=1S/C17H22N2O3/c20-17(18-15-6-4-2-1-3-5-7-15)13-10-14-8-11-16(12-9-14)19(21)22/h8-13,15H,1-7H2,(H,18,20)/b13-10+. The van der Waals surface area contributed by atoms with Crippen LogP contribution in [0.15, 0.2) is 30.3 Å². The summed E-state index contributed by atoms with van der Waals surface area (Å²) in [5, 5.41) is 13.6. The van der Waals surface area contributed by atoms with E-state index < -0.39 is 4.92 Å². The molecule has 0 saturated heterocycles. The lowest BCUT2D eigenvalue weighted by atomic mass is 9.97. The number of carbonyl (C=O) groups is 1. The number of carbonyl (C=O) groups excluding carboxylic acids is 1. The van der Waals surface area contributed by atoms with Gasteiger partial charge in [0.15, 0.2) is 0 Å². The van der Waals surface area contributed by atoms with Crippen LogP contribution in [0.4, 0.5) is 5.69 Å². The van der Waals surface area contributed by atoms with Gasteiger partial charge in [-0.3, -0.25) is 14.9 Å². The molecule has 1 aliphatic carbocycles. The molecule has 1 amide bonds. The molecule has 118 valence electrons. The molecule has 0 spiro atoms. The van der Waals surface area contributed by atoms with Crippen LogP contribution < -0.4 is 5.32 Å². The Hall–Kier alpha value is -2.17. The third kappa shape index (κ3) is 5.31. The highest BCUT2D eigenvalue weighted by molar-refractivity contribution is 5.91. The van der Waals surface area contributed by atoms with Crippen LogP contribution in [0.5, 0.6) is 0 Å². The summed E-state index contributed by atoms with van der Waals surface area (Å²) in [5.41, 5.74) is 0.828. The van der Waals surface area contributed by atoms with Crippen LogP contribution in [-0.2, 0) is 4.79 Å². The van der Waals surface area contributed by atoms with Crippen molar-refractivity contribution < 1.29 is 9.72 Å². The van der Waals surface area contributed by atoms with Gasteiger partial charge in [0.2, 0.25) is 5.91 Å². The molecule has 1 aliphatic rings. The average Bonchev–Trinajstić information content (AvgIpc) is 2.48. The van der Waals surface area contributed by atoms with Gasteiger partial charge in [-0.2, -0.15) is 0 Å². The van der Waals surface area contributed by atoms with Crippen molar-refractivity contribution in [3.05, 3.63) is 46.0 Å². The Morgan fingerprint density at radius 3 is 2.27 bits per heavy atom. The van der Waals surface area contributed by atoms with Crippen LogP contribution >= 0.6 is 0 Å². The van der Waals surface area contributed by atoms with Crippen LogP contribution in [0.2, 0.25) is 0 Å². The Labute approximate surface area is 130 Å². The van der Waals surface area contributed by atoms with Crippen LogP contribution in [0.1, 0.15) is 50.5 Å². The number of nitro groups is 1. The molecule has 1 aromatic carbocycles. The molecule has 0 bridgehead atoms. The number of nitrogens with one attached hydrogen (secondary N) is 1. The Morgan fingerprint density at radius 2 is 1.68 bits per heavy atom. The summed E-state index contributed by atoms with van der Waals surface area (Å²) in [6.07, 6.45) is 11.5. The molecule has 5 nitrogen and oxygen atoms in total. The van der Waals surface area contributed by atoms with Gasteiger partial charge >= 0.3 is 0 Å². The second-order valence-electron chi connectivity index (χ2n) is 5.73. The van der Waals surface area contributed by atoms with E-state index in [1.165, 1.54) is 50.3 Å². The number of nitrogens with zero attached hydrogens (tertiary/aromatic N) is 1. The lowest BCUT2D eigenvalue weighted by molar-refractivity contribution is -0.384. The van der Waals surface area contributed by atoms with E-state index in [1.54, 1.807) is 18.2 Å². The predicted octanol–water partition coefficient (Wildman–Crippen LogP) is 3.84. The second-order valence-corrected chi connectivity index (χ2v) is 5.73. The van der Waals surface area contributed by atoms with E-state index in [-0.39, 0.29) is 17.6 Å². The molecule has 1 fully saturated rings. The quantitative estimate of drug-likeness (QED) is 0.522. The number of rotatable bonds is 4. The highest BCUT2D eigenvalue weighted by Crippen LogP contribution is 2.17. The van der Waals surface area contributed by atoms with Crippen molar-refractivity contribution in [1.82, 2.24) is 5.32 Å². The minimum absolute atomic E-state index is 0.0520. The van der Waals surface area contributed by atoms with Gasteiger partial charge in [0.1, 0.15) is 0 Å². The highest BCUT2D eigenvalue weighted by Gasteiger charge is 2.12. The second kappa shape index (κ2) is 8.32. The van der Waals surface area contributed by atoms with Gasteiger partial charge < -0.3 is 5.32 Å². The topological polar surface area (TPSA) is 72.2 Å². The molecule has 0 aromatic heterocycles. The van der Waals surface area contributed by atoms with Crippen molar-refractivity contribution in [1.29, 1.82) is 0 Å². The van der Waals surface area contributed by atoms with E-state index in [4.69, 9.17) is 0 Å². The molecule has 22 heavy (non-hydrogen) atoms. The molecule has 0 atom stereocenters. The van der Waals surface area contributed by atoms with Gasteiger partial charge in [0.05, 0.1) is 4.92 Å². The van der Waals surface area contributed by atoms with Crippen LogP contribution in [0, 0.1) is 10.1 Å². The first-order chi connectivity index (χ1) is 10.6. The summed E-state index contributed by atoms with van der Waals surface area (Å²) < 4.78 is 0. The lowest BCUT2D eigenvalue weighted by Gasteiger charge is -2.20. The summed E-state index contributed by atoms with van der Waals surface area (Å²) in [5.74, 6) is -0.0936. The number of nitro benzene ring substituents is 1. The Bertz CT molecular complexity index is 529. The number of amides is 1. The van der Waals surface area contributed by atoms with Crippen molar-refractivity contribution >= 4 is 17.7 Å². The zero-order chi connectivity index (χ0) is 15.8. The summed E-state index contributed by atoms with van der Waals surface area (Å²) in [6.45, 7) is 0. The molecule has 0 heterocycles. The van der Waals surface area contributed by atoms with E-state index >= 15 is 0 Å². The minimum Gasteiger partial charge on any atom is -0.350 e. The maximum absolute atomic E-state index is 12.0. The molecule has 0 radical (unpaired) electrons. The molecular weight excluding hydrogens is 280 g/mol. The molecule has 1 N–H and O–H groups in total. The number of non-ortho nitro benzene ring substituents is 1. The SMILES string of the molecule is O=C(/C=C/c1ccc([N+](=O)[O-])cc1)NC1CCCCCCC1. The minimum atomic E-state index is -0.436. The maximum atomic E-state index is 12.0. The summed E-state index contributed by atoms with van der Waals surface area (Å²) >= 11 is 0. The van der Waals surface area contributed by atoms with E-state index in [1.807, 2.05) is 0 Å². The predicted molar refractivity (Wildman–Crippen MR) is 86.4 cm³/mol. The molecule has 0 aliphatic heterocycles. The third-order valence-electron chi connectivity index (χ3n) is 3.98. The number of hydrogen-bond donors (Lipinski definition) is 1. The zero-order valence-electron chi connectivity index (χ0n) is 12.7. The average molecular weight is 302 g/mol. The van der Waals surface area contributed by atoms with Crippen LogP contribution in [-0.4, -0.2) is 16.9 Å². The van der Waals surface area contributed by atoms with Gasteiger partial charge in [-0.15, -0.1) is 0 Å². The third-order valence-corrected chi connectivity index (χ3v) is 3.98. The van der Waals surface area contributed by atoms with Gasteiger partial charge in [-0.05, 0) is 36.6 Å².